The maximum absolute atomic E-state index is 12.7. The zero-order chi connectivity index (χ0) is 19.2. The summed E-state index contributed by atoms with van der Waals surface area (Å²) in [6.45, 7) is 0.153. The van der Waals surface area contributed by atoms with Crippen molar-refractivity contribution < 1.29 is 27.4 Å². The van der Waals surface area contributed by atoms with Crippen LogP contribution in [-0.4, -0.2) is 20.3 Å². The van der Waals surface area contributed by atoms with E-state index in [0.29, 0.717) is 22.6 Å². The third-order valence-corrected chi connectivity index (χ3v) is 3.63. The average Bonchev–Trinajstić information content (AvgIpc) is 2.63. The fraction of sp³-hybridized carbons (Fsp3) is 0.278. The van der Waals surface area contributed by atoms with Gasteiger partial charge in [-0.05, 0) is 23.8 Å². The first-order valence-electron chi connectivity index (χ1n) is 7.73. The van der Waals surface area contributed by atoms with Crippen LogP contribution in [0.2, 0.25) is 0 Å². The highest BCUT2D eigenvalue weighted by molar-refractivity contribution is 5.74. The van der Waals surface area contributed by atoms with Gasteiger partial charge in [0.2, 0.25) is 0 Å². The number of methoxy groups -OCH3 is 2. The molecule has 0 fully saturated rings. The van der Waals surface area contributed by atoms with Crippen LogP contribution in [-0.2, 0) is 19.3 Å². The van der Waals surface area contributed by atoms with E-state index in [0.717, 1.165) is 12.1 Å². The van der Waals surface area contributed by atoms with Gasteiger partial charge in [-0.25, -0.2) is 4.79 Å². The first-order chi connectivity index (χ1) is 12.3. The van der Waals surface area contributed by atoms with Gasteiger partial charge in [-0.1, -0.05) is 24.3 Å². The minimum absolute atomic E-state index is 0.0228. The second-order valence-electron chi connectivity index (χ2n) is 5.39. The number of ether oxygens (including phenoxy) is 2. The molecule has 2 aromatic carbocycles. The van der Waals surface area contributed by atoms with Crippen LogP contribution < -0.4 is 20.1 Å². The molecule has 0 aliphatic heterocycles. The molecule has 2 rings (SSSR count). The number of amides is 2. The van der Waals surface area contributed by atoms with Crippen LogP contribution in [0.15, 0.2) is 42.5 Å². The van der Waals surface area contributed by atoms with E-state index < -0.39 is 17.8 Å². The number of rotatable bonds is 6. The Morgan fingerprint density at radius 1 is 1.00 bits per heavy atom. The molecule has 0 aromatic heterocycles. The lowest BCUT2D eigenvalue weighted by Gasteiger charge is -2.14. The van der Waals surface area contributed by atoms with Crippen LogP contribution in [0.4, 0.5) is 18.0 Å². The van der Waals surface area contributed by atoms with E-state index in [2.05, 4.69) is 10.6 Å². The van der Waals surface area contributed by atoms with Crippen LogP contribution in [0.5, 0.6) is 11.5 Å². The van der Waals surface area contributed by atoms with Crippen molar-refractivity contribution in [3.8, 4) is 11.5 Å². The molecule has 140 valence electrons. The number of nitrogens with one attached hydrogen (secondary N) is 2. The summed E-state index contributed by atoms with van der Waals surface area (Å²) in [6, 6.07) is 9.57. The topological polar surface area (TPSA) is 59.6 Å². The molecule has 2 amide bonds. The molecule has 0 bridgehead atoms. The molecule has 8 heteroatoms. The van der Waals surface area contributed by atoms with Gasteiger partial charge in [0, 0.05) is 18.7 Å². The molecule has 0 heterocycles. The van der Waals surface area contributed by atoms with E-state index in [1.54, 1.807) is 18.2 Å². The molecule has 0 saturated carbocycles. The molecule has 0 atom stereocenters. The second kappa shape index (κ2) is 8.46. The van der Waals surface area contributed by atoms with Gasteiger partial charge in [0.05, 0.1) is 19.8 Å². The molecule has 2 aromatic rings. The second-order valence-corrected chi connectivity index (χ2v) is 5.39. The van der Waals surface area contributed by atoms with Crippen LogP contribution in [0.3, 0.4) is 0 Å². The largest absolute Gasteiger partial charge is 0.493 e. The molecule has 0 spiro atoms. The minimum Gasteiger partial charge on any atom is -0.493 e. The summed E-state index contributed by atoms with van der Waals surface area (Å²) in [5.41, 5.74) is 0.313. The quantitative estimate of drug-likeness (QED) is 0.817. The Morgan fingerprint density at radius 3 is 2.35 bits per heavy atom. The number of alkyl halides is 3. The maximum Gasteiger partial charge on any atom is 0.416 e. The van der Waals surface area contributed by atoms with Crippen LogP contribution >= 0.6 is 0 Å². The van der Waals surface area contributed by atoms with Crippen molar-refractivity contribution in [3.63, 3.8) is 0 Å². The number of carbonyl (C=O) groups is 1. The lowest BCUT2D eigenvalue weighted by Crippen LogP contribution is -2.34. The zero-order valence-corrected chi connectivity index (χ0v) is 14.3. The van der Waals surface area contributed by atoms with Gasteiger partial charge >= 0.3 is 12.2 Å². The zero-order valence-electron chi connectivity index (χ0n) is 14.3. The van der Waals surface area contributed by atoms with Crippen molar-refractivity contribution in [2.24, 2.45) is 0 Å². The minimum atomic E-state index is -4.42. The Labute approximate surface area is 149 Å². The molecule has 26 heavy (non-hydrogen) atoms. The van der Waals surface area contributed by atoms with Gasteiger partial charge in [-0.2, -0.15) is 13.2 Å². The number of hydrogen-bond acceptors (Lipinski definition) is 3. The summed E-state index contributed by atoms with van der Waals surface area (Å²) >= 11 is 0. The van der Waals surface area contributed by atoms with E-state index in [1.165, 1.54) is 26.4 Å². The standard InChI is InChI=1S/C18H19F3N2O3/c1-25-15-8-4-6-13(16(15)26-2)11-23-17(24)22-10-12-5-3-7-14(9-12)18(19,20)21/h3-9H,10-11H2,1-2H3,(H2,22,23,24). The number of halogens is 3. The fourth-order valence-electron chi connectivity index (χ4n) is 2.37. The number of carbonyl (C=O) groups excluding carboxylic acids is 1. The number of benzene rings is 2. The summed E-state index contributed by atoms with van der Waals surface area (Å²) in [7, 11) is 3.01. The van der Waals surface area contributed by atoms with E-state index in [1.807, 2.05) is 0 Å². The molecular weight excluding hydrogens is 349 g/mol. The van der Waals surface area contributed by atoms with Crippen LogP contribution in [0, 0.1) is 0 Å². The van der Waals surface area contributed by atoms with Gasteiger partial charge < -0.3 is 20.1 Å². The van der Waals surface area contributed by atoms with E-state index in [-0.39, 0.29) is 13.1 Å². The average molecular weight is 368 g/mol. The first kappa shape index (κ1) is 19.4. The number of para-hydroxylation sites is 1. The van der Waals surface area contributed by atoms with Crippen LogP contribution in [0.25, 0.3) is 0 Å². The van der Waals surface area contributed by atoms with E-state index >= 15 is 0 Å². The van der Waals surface area contributed by atoms with Crippen molar-refractivity contribution in [1.29, 1.82) is 0 Å². The summed E-state index contributed by atoms with van der Waals surface area (Å²) < 4.78 is 48.5. The molecular formula is C18H19F3N2O3. The Kier molecular flexibility index (Phi) is 6.32. The van der Waals surface area contributed by atoms with Gasteiger partial charge in [-0.15, -0.1) is 0 Å². The summed E-state index contributed by atoms with van der Waals surface area (Å²) in [5.74, 6) is 1.05. The Bertz CT molecular complexity index is 764. The highest BCUT2D eigenvalue weighted by atomic mass is 19.4. The van der Waals surface area contributed by atoms with Gasteiger partial charge in [0.1, 0.15) is 0 Å². The van der Waals surface area contributed by atoms with Crippen molar-refractivity contribution >= 4 is 6.03 Å². The Hall–Kier alpha value is -2.90. The van der Waals surface area contributed by atoms with E-state index in [9.17, 15) is 18.0 Å². The monoisotopic (exact) mass is 368 g/mol. The predicted octanol–water partition coefficient (Wildman–Crippen LogP) is 3.72. The fourth-order valence-corrected chi connectivity index (χ4v) is 2.37. The molecule has 5 nitrogen and oxygen atoms in total. The van der Waals surface area contributed by atoms with Crippen molar-refractivity contribution in [3.05, 3.63) is 59.2 Å². The highest BCUT2D eigenvalue weighted by Gasteiger charge is 2.30. The number of urea groups is 1. The lowest BCUT2D eigenvalue weighted by molar-refractivity contribution is -0.137. The Morgan fingerprint density at radius 2 is 1.69 bits per heavy atom. The molecule has 0 aliphatic rings. The first-order valence-corrected chi connectivity index (χ1v) is 7.73. The van der Waals surface area contributed by atoms with Crippen molar-refractivity contribution in [1.82, 2.24) is 10.6 Å². The molecule has 0 unspecified atom stereocenters. The van der Waals surface area contributed by atoms with Gasteiger partial charge in [0.15, 0.2) is 11.5 Å². The summed E-state index contributed by atoms with van der Waals surface area (Å²) in [5, 5.41) is 5.16. The third-order valence-electron chi connectivity index (χ3n) is 3.63. The van der Waals surface area contributed by atoms with Crippen molar-refractivity contribution in [2.75, 3.05) is 14.2 Å². The Balaban J connectivity index is 1.92. The SMILES string of the molecule is COc1cccc(CNC(=O)NCc2cccc(C(F)(F)F)c2)c1OC. The van der Waals surface area contributed by atoms with Gasteiger partial charge in [0.25, 0.3) is 0 Å². The molecule has 2 N–H and O–H groups in total. The smallest absolute Gasteiger partial charge is 0.416 e. The highest BCUT2D eigenvalue weighted by Crippen LogP contribution is 2.31. The van der Waals surface area contributed by atoms with Gasteiger partial charge in [-0.3, -0.25) is 0 Å². The van der Waals surface area contributed by atoms with E-state index in [4.69, 9.17) is 9.47 Å². The van der Waals surface area contributed by atoms with Crippen LogP contribution in [0.1, 0.15) is 16.7 Å². The van der Waals surface area contributed by atoms with Crippen molar-refractivity contribution in [2.45, 2.75) is 19.3 Å². The third kappa shape index (κ3) is 5.05. The summed E-state index contributed by atoms with van der Waals surface area (Å²) in [4.78, 5) is 11.9. The molecule has 0 aliphatic carbocycles. The number of hydrogen-bond donors (Lipinski definition) is 2. The summed E-state index contributed by atoms with van der Waals surface area (Å²) in [6.07, 6.45) is -4.42. The lowest BCUT2D eigenvalue weighted by atomic mass is 10.1. The maximum atomic E-state index is 12.7. The molecule has 0 saturated heterocycles. The normalized spacial score (nSPS) is 11.0. The predicted molar refractivity (Wildman–Crippen MR) is 90.1 cm³/mol. The molecule has 0 radical (unpaired) electrons.